The Labute approximate surface area is 218 Å². The molecule has 0 aromatic rings. The number of carbonyl (C=O) groups is 2. The van der Waals surface area contributed by atoms with E-state index in [1.165, 1.54) is 5.57 Å². The summed E-state index contributed by atoms with van der Waals surface area (Å²) < 4.78 is 0. The van der Waals surface area contributed by atoms with E-state index >= 15 is 0 Å². The van der Waals surface area contributed by atoms with Gasteiger partial charge >= 0.3 is 0 Å². The Balaban J connectivity index is 1.60. The van der Waals surface area contributed by atoms with E-state index in [9.17, 15) is 14.7 Å². The summed E-state index contributed by atoms with van der Waals surface area (Å²) >= 11 is 0. The number of fused-ring (bicyclic) bond motifs is 7. The highest BCUT2D eigenvalue weighted by atomic mass is 16.3. The van der Waals surface area contributed by atoms with Crippen molar-refractivity contribution in [3.05, 3.63) is 11.6 Å². The quantitative estimate of drug-likeness (QED) is 0.446. The molecule has 0 saturated heterocycles. The molecule has 0 aromatic heterocycles. The van der Waals surface area contributed by atoms with Crippen LogP contribution in [0.15, 0.2) is 11.6 Å². The first-order chi connectivity index (χ1) is 16.5. The van der Waals surface area contributed by atoms with Gasteiger partial charge in [0.05, 0.1) is 0 Å². The SMILES string of the molecule is CC1(C)C2CC[C@]3(C)[C@H](C(=O)C=C4[C@H]5C[C@@](C)(C(N)=O)CC[C@]5(C)CC[C@]43C)[C@@]2(C)CC[C@@H]1C(N)O. The van der Waals surface area contributed by atoms with Crippen LogP contribution in [0.5, 0.6) is 0 Å². The van der Waals surface area contributed by atoms with Crippen molar-refractivity contribution < 1.29 is 14.7 Å². The van der Waals surface area contributed by atoms with E-state index in [4.69, 9.17) is 11.5 Å². The molecule has 2 unspecified atom stereocenters. The molecule has 5 rings (SSSR count). The Kier molecular flexibility index (Phi) is 5.64. The van der Waals surface area contributed by atoms with E-state index in [1.807, 2.05) is 6.92 Å². The lowest BCUT2D eigenvalue weighted by Crippen LogP contribution is -2.66. The summed E-state index contributed by atoms with van der Waals surface area (Å²) in [5, 5.41) is 10.4. The number of hydrogen-bond acceptors (Lipinski definition) is 4. The van der Waals surface area contributed by atoms with Crippen LogP contribution in [0.3, 0.4) is 0 Å². The number of ketones is 1. The predicted octanol–water partition coefficient (Wildman–Crippen LogP) is 5.35. The second kappa shape index (κ2) is 7.68. The molecule has 0 radical (unpaired) electrons. The number of aliphatic hydroxyl groups is 1. The minimum atomic E-state index is -0.814. The van der Waals surface area contributed by atoms with Gasteiger partial charge in [-0.1, -0.05) is 54.0 Å². The Hall–Kier alpha value is -1.20. The van der Waals surface area contributed by atoms with Crippen LogP contribution in [0.4, 0.5) is 0 Å². The number of hydrogen-bond donors (Lipinski definition) is 3. The molecule has 5 nitrogen and oxygen atoms in total. The van der Waals surface area contributed by atoms with Gasteiger partial charge in [0.2, 0.25) is 5.91 Å². The van der Waals surface area contributed by atoms with Crippen molar-refractivity contribution in [3.63, 3.8) is 0 Å². The topological polar surface area (TPSA) is 106 Å². The zero-order valence-electron chi connectivity index (χ0n) is 23.7. The molecule has 4 saturated carbocycles. The summed E-state index contributed by atoms with van der Waals surface area (Å²) in [7, 11) is 0. The largest absolute Gasteiger partial charge is 0.379 e. The standard InChI is InChI=1S/C31H50N2O3/c1-26(2)18(24(32)35)8-10-29(5)22(26)9-11-31(7)23(29)21(34)16-19-20-17-28(4,25(33)36)13-12-27(20,3)14-15-30(19,31)6/h16,18,20,22-24,35H,8-15,17,32H2,1-7H3,(H2,33,36)/t18-,20-,22?,23-,24?,27-,28+,29+,30-,31-/m1/s1. The van der Waals surface area contributed by atoms with Crippen LogP contribution < -0.4 is 11.5 Å². The third kappa shape index (κ3) is 3.14. The summed E-state index contributed by atoms with van der Waals surface area (Å²) in [5.41, 5.74) is 12.5. The summed E-state index contributed by atoms with van der Waals surface area (Å²) in [6, 6.07) is 0. The van der Waals surface area contributed by atoms with Crippen molar-refractivity contribution in [1.29, 1.82) is 0 Å². The lowest BCUT2D eigenvalue weighted by Gasteiger charge is -2.71. The van der Waals surface area contributed by atoms with Crippen LogP contribution in [-0.2, 0) is 9.59 Å². The van der Waals surface area contributed by atoms with Gasteiger partial charge in [0.15, 0.2) is 5.78 Å². The molecular formula is C31H50N2O3. The number of rotatable bonds is 2. The number of carbonyl (C=O) groups excluding carboxylic acids is 2. The molecule has 5 aliphatic carbocycles. The zero-order valence-corrected chi connectivity index (χ0v) is 23.7. The summed E-state index contributed by atoms with van der Waals surface area (Å²) in [5.74, 6) is 0.721. The van der Waals surface area contributed by atoms with E-state index < -0.39 is 11.6 Å². The molecule has 5 aliphatic rings. The molecule has 36 heavy (non-hydrogen) atoms. The molecule has 0 bridgehead atoms. The third-order valence-electron chi connectivity index (χ3n) is 13.7. The lowest BCUT2D eigenvalue weighted by atomic mass is 9.33. The molecule has 0 spiro atoms. The molecule has 0 heterocycles. The number of nitrogens with two attached hydrogens (primary N) is 2. The van der Waals surface area contributed by atoms with E-state index in [-0.39, 0.29) is 50.7 Å². The number of aliphatic hydroxyl groups excluding tert-OH is 1. The van der Waals surface area contributed by atoms with Gasteiger partial charge in [0.1, 0.15) is 6.23 Å². The zero-order chi connectivity index (χ0) is 26.7. The van der Waals surface area contributed by atoms with Crippen LogP contribution >= 0.6 is 0 Å². The Morgan fingerprint density at radius 2 is 1.61 bits per heavy atom. The minimum Gasteiger partial charge on any atom is -0.379 e. The van der Waals surface area contributed by atoms with Gasteiger partial charge in [-0.25, -0.2) is 0 Å². The van der Waals surface area contributed by atoms with Crippen LogP contribution in [0.25, 0.3) is 0 Å². The van der Waals surface area contributed by atoms with E-state index in [0.29, 0.717) is 11.7 Å². The fourth-order valence-electron chi connectivity index (χ4n) is 11.0. The highest BCUT2D eigenvalue weighted by Gasteiger charge is 2.70. The molecule has 4 fully saturated rings. The van der Waals surface area contributed by atoms with Crippen molar-refractivity contribution in [2.45, 2.75) is 112 Å². The van der Waals surface area contributed by atoms with Crippen LogP contribution in [-0.4, -0.2) is 23.0 Å². The molecule has 1 amide bonds. The highest BCUT2D eigenvalue weighted by molar-refractivity contribution is 5.95. The average Bonchev–Trinajstić information content (AvgIpc) is 2.75. The molecule has 5 heteroatoms. The molecule has 10 atom stereocenters. The van der Waals surface area contributed by atoms with Crippen LogP contribution in [0.2, 0.25) is 0 Å². The van der Waals surface area contributed by atoms with Crippen molar-refractivity contribution >= 4 is 11.7 Å². The van der Waals surface area contributed by atoms with Gasteiger partial charge in [0, 0.05) is 17.3 Å². The smallest absolute Gasteiger partial charge is 0.223 e. The Morgan fingerprint density at radius 3 is 2.22 bits per heavy atom. The van der Waals surface area contributed by atoms with Crippen molar-refractivity contribution in [3.8, 4) is 0 Å². The van der Waals surface area contributed by atoms with Gasteiger partial charge in [-0.05, 0) is 103 Å². The van der Waals surface area contributed by atoms with E-state index in [0.717, 1.165) is 57.8 Å². The maximum absolute atomic E-state index is 14.3. The van der Waals surface area contributed by atoms with Crippen LogP contribution in [0.1, 0.15) is 106 Å². The first kappa shape index (κ1) is 26.4. The predicted molar refractivity (Wildman–Crippen MR) is 142 cm³/mol. The molecule has 0 aromatic carbocycles. The first-order valence-electron chi connectivity index (χ1n) is 14.5. The van der Waals surface area contributed by atoms with E-state index in [2.05, 4.69) is 47.6 Å². The first-order valence-corrected chi connectivity index (χ1v) is 14.5. The maximum atomic E-state index is 14.3. The van der Waals surface area contributed by atoms with Gasteiger partial charge in [0.25, 0.3) is 0 Å². The van der Waals surface area contributed by atoms with E-state index in [1.54, 1.807) is 0 Å². The summed E-state index contributed by atoms with van der Waals surface area (Å²) in [6.45, 7) is 16.2. The third-order valence-corrected chi connectivity index (χ3v) is 13.7. The second-order valence-corrected chi connectivity index (χ2v) is 15.6. The number of primary amides is 1. The fraction of sp³-hybridized carbons (Fsp3) is 0.871. The molecule has 202 valence electrons. The Morgan fingerprint density at radius 1 is 0.972 bits per heavy atom. The molecule has 0 aliphatic heterocycles. The lowest BCUT2D eigenvalue weighted by molar-refractivity contribution is -0.200. The summed E-state index contributed by atoms with van der Waals surface area (Å²) in [4.78, 5) is 26.8. The summed E-state index contributed by atoms with van der Waals surface area (Å²) in [6.07, 6.45) is 9.98. The Bertz CT molecular complexity index is 1020. The monoisotopic (exact) mass is 498 g/mol. The van der Waals surface area contributed by atoms with Crippen molar-refractivity contribution in [2.75, 3.05) is 0 Å². The molecular weight excluding hydrogens is 448 g/mol. The van der Waals surface area contributed by atoms with Gasteiger partial charge in [-0.2, -0.15) is 0 Å². The normalized spacial score (nSPS) is 52.7. The second-order valence-electron chi connectivity index (χ2n) is 15.6. The van der Waals surface area contributed by atoms with Gasteiger partial charge in [-0.15, -0.1) is 0 Å². The van der Waals surface area contributed by atoms with Gasteiger partial charge in [-0.3, -0.25) is 9.59 Å². The molecule has 5 N–H and O–H groups in total. The van der Waals surface area contributed by atoms with Crippen LogP contribution in [0, 0.1) is 56.2 Å². The highest BCUT2D eigenvalue weighted by Crippen LogP contribution is 2.75. The fourth-order valence-corrected chi connectivity index (χ4v) is 11.0. The number of amides is 1. The van der Waals surface area contributed by atoms with Gasteiger partial charge < -0.3 is 16.6 Å². The minimum absolute atomic E-state index is 0.0249. The maximum Gasteiger partial charge on any atom is 0.223 e. The van der Waals surface area contributed by atoms with Crippen molar-refractivity contribution in [2.24, 2.45) is 67.6 Å². The number of allylic oxidation sites excluding steroid dienone is 2. The van der Waals surface area contributed by atoms with Crippen molar-refractivity contribution in [1.82, 2.24) is 0 Å². The average molecular weight is 499 g/mol.